The average Bonchev–Trinajstić information content (AvgIpc) is 2.52. The molecule has 0 radical (unpaired) electrons. The number of benzene rings is 2. The lowest BCUT2D eigenvalue weighted by Crippen LogP contribution is -2.11. The maximum atomic E-state index is 11.4. The minimum Gasteiger partial charge on any atom is -0.491 e. The first-order valence-electron chi connectivity index (χ1n) is 6.94. The lowest BCUT2D eigenvalue weighted by Gasteiger charge is -2.09. The van der Waals surface area contributed by atoms with E-state index in [-0.39, 0.29) is 10.9 Å². The lowest BCUT2D eigenvalue weighted by atomic mass is 10.3. The molecule has 0 aliphatic heterocycles. The summed E-state index contributed by atoms with van der Waals surface area (Å²) in [6, 6.07) is 13.2. The van der Waals surface area contributed by atoms with Gasteiger partial charge < -0.3 is 4.74 Å². The summed E-state index contributed by atoms with van der Waals surface area (Å²) < 4.78 is 28.3. The van der Waals surface area contributed by atoms with Crippen LogP contribution in [0.25, 0.3) is 0 Å². The zero-order chi connectivity index (χ0) is 16.9. The van der Waals surface area contributed by atoms with E-state index in [1.807, 2.05) is 6.92 Å². The smallest absolute Gasteiger partial charge is 0.175 e. The number of nitrogens with zero attached hydrogens (tertiary/aromatic N) is 2. The van der Waals surface area contributed by atoms with E-state index in [1.165, 1.54) is 18.4 Å². The highest BCUT2D eigenvalue weighted by atomic mass is 35.5. The molecule has 0 aliphatic carbocycles. The predicted molar refractivity (Wildman–Crippen MR) is 90.5 cm³/mol. The van der Waals surface area contributed by atoms with Crippen molar-refractivity contribution in [2.75, 3.05) is 12.9 Å². The third kappa shape index (κ3) is 5.65. The summed E-state index contributed by atoms with van der Waals surface area (Å²) in [5.74, 6) is 0.589. The fourth-order valence-electron chi connectivity index (χ4n) is 1.71. The average molecular weight is 353 g/mol. The van der Waals surface area contributed by atoms with Crippen LogP contribution in [0.5, 0.6) is 5.75 Å². The number of hydrogen-bond donors (Lipinski definition) is 0. The molecule has 0 saturated heterocycles. The van der Waals surface area contributed by atoms with Crippen molar-refractivity contribution in [3.63, 3.8) is 0 Å². The van der Waals surface area contributed by atoms with Crippen molar-refractivity contribution in [3.05, 3.63) is 53.6 Å². The maximum Gasteiger partial charge on any atom is 0.175 e. The number of halogens is 1. The van der Waals surface area contributed by atoms with Gasteiger partial charge in [0.1, 0.15) is 18.4 Å². The van der Waals surface area contributed by atoms with E-state index in [4.69, 9.17) is 16.3 Å². The van der Waals surface area contributed by atoms with Crippen LogP contribution in [0.15, 0.2) is 63.7 Å². The summed E-state index contributed by atoms with van der Waals surface area (Å²) in [6.45, 7) is 2.22. The highest BCUT2D eigenvalue weighted by molar-refractivity contribution is 7.90. The van der Waals surface area contributed by atoms with Gasteiger partial charge in [-0.15, -0.1) is 0 Å². The Hall–Kier alpha value is -1.92. The van der Waals surface area contributed by atoms with Gasteiger partial charge in [0.15, 0.2) is 9.84 Å². The second-order valence-electron chi connectivity index (χ2n) is 5.10. The van der Waals surface area contributed by atoms with Gasteiger partial charge in [0, 0.05) is 11.3 Å². The van der Waals surface area contributed by atoms with Gasteiger partial charge in [0.05, 0.1) is 10.6 Å². The monoisotopic (exact) mass is 352 g/mol. The molecule has 0 heterocycles. The molecule has 0 fully saturated rings. The Bertz CT molecular complexity index is 772. The highest BCUT2D eigenvalue weighted by Gasteiger charge is 2.07. The number of hydrogen-bond acceptors (Lipinski definition) is 5. The Morgan fingerprint density at radius 3 is 2.26 bits per heavy atom. The van der Waals surface area contributed by atoms with Gasteiger partial charge >= 0.3 is 0 Å². The molecule has 2 aromatic rings. The summed E-state index contributed by atoms with van der Waals surface area (Å²) in [5.41, 5.74) is 0.721. The zero-order valence-corrected chi connectivity index (χ0v) is 14.4. The molecule has 1 unspecified atom stereocenters. The molecule has 0 aliphatic rings. The lowest BCUT2D eigenvalue weighted by molar-refractivity contribution is 0.293. The van der Waals surface area contributed by atoms with Gasteiger partial charge in [0.25, 0.3) is 0 Å². The van der Waals surface area contributed by atoms with E-state index in [1.54, 1.807) is 36.4 Å². The third-order valence-electron chi connectivity index (χ3n) is 2.94. The van der Waals surface area contributed by atoms with Crippen LogP contribution in [0.4, 0.5) is 5.69 Å². The zero-order valence-electron chi connectivity index (χ0n) is 12.8. The van der Waals surface area contributed by atoms with Gasteiger partial charge in [-0.05, 0) is 55.5 Å². The van der Waals surface area contributed by atoms with Gasteiger partial charge in [0.2, 0.25) is 0 Å². The van der Waals surface area contributed by atoms with Crippen molar-refractivity contribution in [1.29, 1.82) is 0 Å². The third-order valence-corrected chi connectivity index (χ3v) is 4.32. The fourth-order valence-corrected chi connectivity index (χ4v) is 2.46. The molecule has 0 aromatic heterocycles. The number of ether oxygens (including phenoxy) is 1. The molecule has 0 saturated carbocycles. The first-order chi connectivity index (χ1) is 10.8. The largest absolute Gasteiger partial charge is 0.491 e. The van der Waals surface area contributed by atoms with Gasteiger partial charge in [-0.3, -0.25) is 0 Å². The molecular weight excluding hydrogens is 336 g/mol. The molecule has 1 atom stereocenters. The standard InChI is InChI=1S/C16H17ClN2O3S/c1-12(18-19-14-5-3-13(17)4-6-14)11-22-15-7-9-16(10-8-15)23(2,20)21/h3-10,12H,11H2,1-2H3. The minimum atomic E-state index is -3.19. The van der Waals surface area contributed by atoms with Crippen LogP contribution in [0, 0.1) is 0 Å². The molecule has 2 rings (SSSR count). The summed E-state index contributed by atoms with van der Waals surface area (Å²) in [7, 11) is -3.19. The quantitative estimate of drug-likeness (QED) is 0.728. The van der Waals surface area contributed by atoms with Crippen LogP contribution in [-0.4, -0.2) is 27.3 Å². The Morgan fingerprint density at radius 1 is 1.09 bits per heavy atom. The second kappa shape index (κ2) is 7.57. The topological polar surface area (TPSA) is 68.1 Å². The van der Waals surface area contributed by atoms with E-state index in [2.05, 4.69) is 10.2 Å². The summed E-state index contributed by atoms with van der Waals surface area (Å²) in [6.07, 6.45) is 1.17. The van der Waals surface area contributed by atoms with Crippen molar-refractivity contribution in [1.82, 2.24) is 0 Å². The van der Waals surface area contributed by atoms with E-state index < -0.39 is 9.84 Å². The second-order valence-corrected chi connectivity index (χ2v) is 7.55. The van der Waals surface area contributed by atoms with Crippen molar-refractivity contribution < 1.29 is 13.2 Å². The molecular formula is C16H17ClN2O3S. The van der Waals surface area contributed by atoms with Crippen LogP contribution in [0.2, 0.25) is 5.02 Å². The summed E-state index contributed by atoms with van der Waals surface area (Å²) >= 11 is 5.80. The first kappa shape index (κ1) is 17.4. The SMILES string of the molecule is CC(COc1ccc(S(C)(=O)=O)cc1)N=Nc1ccc(Cl)cc1. The molecule has 0 amide bonds. The first-order valence-corrected chi connectivity index (χ1v) is 9.21. The van der Waals surface area contributed by atoms with Crippen LogP contribution in [0.1, 0.15) is 6.92 Å². The minimum absolute atomic E-state index is 0.139. The van der Waals surface area contributed by atoms with Crippen molar-refractivity contribution in [2.45, 2.75) is 17.9 Å². The van der Waals surface area contributed by atoms with E-state index in [9.17, 15) is 8.42 Å². The molecule has 5 nitrogen and oxygen atoms in total. The van der Waals surface area contributed by atoms with E-state index in [0.717, 1.165) is 5.69 Å². The number of azo groups is 1. The van der Waals surface area contributed by atoms with Crippen molar-refractivity contribution >= 4 is 27.1 Å². The molecule has 7 heteroatoms. The Morgan fingerprint density at radius 2 is 1.70 bits per heavy atom. The highest BCUT2D eigenvalue weighted by Crippen LogP contribution is 2.18. The van der Waals surface area contributed by atoms with Crippen LogP contribution < -0.4 is 4.74 Å². The van der Waals surface area contributed by atoms with Crippen molar-refractivity contribution in [3.8, 4) is 5.75 Å². The van der Waals surface area contributed by atoms with Gasteiger partial charge in [-0.25, -0.2) is 8.42 Å². The Labute approximate surface area is 140 Å². The number of sulfone groups is 1. The van der Waals surface area contributed by atoms with E-state index in [0.29, 0.717) is 17.4 Å². The Balaban J connectivity index is 1.89. The molecule has 0 spiro atoms. The predicted octanol–water partition coefficient (Wildman–Crippen LogP) is 4.29. The fraction of sp³-hybridized carbons (Fsp3) is 0.250. The molecule has 0 bridgehead atoms. The van der Waals surface area contributed by atoms with Gasteiger partial charge in [-0.1, -0.05) is 11.6 Å². The van der Waals surface area contributed by atoms with Crippen LogP contribution >= 0.6 is 11.6 Å². The maximum absolute atomic E-state index is 11.4. The van der Waals surface area contributed by atoms with Crippen molar-refractivity contribution in [2.24, 2.45) is 10.2 Å². The van der Waals surface area contributed by atoms with Crippen LogP contribution in [0.3, 0.4) is 0 Å². The Kier molecular flexibility index (Phi) is 5.74. The van der Waals surface area contributed by atoms with E-state index >= 15 is 0 Å². The molecule has 2 aromatic carbocycles. The molecule has 0 N–H and O–H groups in total. The normalized spacial score (nSPS) is 13.2. The molecule has 23 heavy (non-hydrogen) atoms. The molecule has 122 valence electrons. The summed E-state index contributed by atoms with van der Waals surface area (Å²) in [4.78, 5) is 0.264. The van der Waals surface area contributed by atoms with Crippen LogP contribution in [-0.2, 0) is 9.84 Å². The summed E-state index contributed by atoms with van der Waals surface area (Å²) in [5, 5.41) is 8.92. The van der Waals surface area contributed by atoms with Gasteiger partial charge in [-0.2, -0.15) is 10.2 Å². The number of rotatable bonds is 6.